The summed E-state index contributed by atoms with van der Waals surface area (Å²) in [5.41, 5.74) is 5.53. The number of ether oxygens (including phenoxy) is 2. The highest BCUT2D eigenvalue weighted by molar-refractivity contribution is 14.1. The zero-order valence-corrected chi connectivity index (χ0v) is 24.5. The second-order valence-corrected chi connectivity index (χ2v) is 10.5. The van der Waals surface area contributed by atoms with Gasteiger partial charge < -0.3 is 14.0 Å². The first-order valence-corrected chi connectivity index (χ1v) is 14.1. The summed E-state index contributed by atoms with van der Waals surface area (Å²) in [7, 11) is 0. The second kappa shape index (κ2) is 12.5. The number of amides is 1. The normalized spacial score (nSPS) is 11.3. The summed E-state index contributed by atoms with van der Waals surface area (Å²) in [5.74, 6) is 0.857. The van der Waals surface area contributed by atoms with Gasteiger partial charge in [0.25, 0.3) is 5.91 Å². The molecule has 1 aromatic heterocycles. The molecule has 5 rings (SSSR count). The van der Waals surface area contributed by atoms with E-state index in [1.54, 1.807) is 18.3 Å². The Balaban J connectivity index is 1.34. The van der Waals surface area contributed by atoms with Crippen molar-refractivity contribution in [1.82, 2.24) is 9.99 Å². The molecular weight excluding hydrogens is 641 g/mol. The average molecular weight is 666 g/mol. The van der Waals surface area contributed by atoms with E-state index in [2.05, 4.69) is 33.1 Å². The minimum absolute atomic E-state index is 0.00476. The molecule has 1 N–H and O–H groups in total. The van der Waals surface area contributed by atoms with E-state index in [1.807, 2.05) is 84.3 Å². The van der Waals surface area contributed by atoms with Gasteiger partial charge in [0.15, 0.2) is 16.9 Å². The van der Waals surface area contributed by atoms with Crippen molar-refractivity contribution < 1.29 is 14.3 Å². The van der Waals surface area contributed by atoms with E-state index in [0.717, 1.165) is 14.7 Å². The first-order chi connectivity index (χ1) is 19.5. The molecule has 0 aliphatic carbocycles. The molecule has 7 nitrogen and oxygen atoms in total. The van der Waals surface area contributed by atoms with E-state index in [4.69, 9.17) is 21.1 Å². The Labute approximate surface area is 249 Å². The van der Waals surface area contributed by atoms with Gasteiger partial charge in [0.05, 0.1) is 27.4 Å². The molecular formula is C31H25ClIN3O4. The van der Waals surface area contributed by atoms with E-state index < -0.39 is 0 Å². The van der Waals surface area contributed by atoms with Crippen molar-refractivity contribution in [3.05, 3.63) is 115 Å². The number of pyridine rings is 1. The largest absolute Gasteiger partial charge is 0.490 e. The van der Waals surface area contributed by atoms with Crippen LogP contribution in [-0.4, -0.2) is 23.3 Å². The summed E-state index contributed by atoms with van der Waals surface area (Å²) >= 11 is 8.46. The Bertz CT molecular complexity index is 1740. The molecule has 1 amide bonds. The van der Waals surface area contributed by atoms with Crippen LogP contribution in [0.4, 0.5) is 0 Å². The molecule has 4 aromatic carbocycles. The standard InChI is InChI=1S/C31H25ClIN3O4/c1-2-39-28-16-20(15-25(33)31(28)40-19-21-9-3-6-12-24(21)32)17-34-35-29(37)18-36-26-13-7-4-10-22(26)30(38)23-11-5-8-14-27(23)36/h3-17H,2,18-19H2,1H3,(H,35,37)/b34-17+. The summed E-state index contributed by atoms with van der Waals surface area (Å²) in [6.45, 7) is 2.65. The molecule has 0 saturated heterocycles. The molecule has 0 spiro atoms. The van der Waals surface area contributed by atoms with Gasteiger partial charge in [-0.1, -0.05) is 54.1 Å². The van der Waals surface area contributed by atoms with Crippen LogP contribution in [0.5, 0.6) is 11.5 Å². The van der Waals surface area contributed by atoms with Crippen molar-refractivity contribution in [2.75, 3.05) is 6.61 Å². The number of hydrazone groups is 1. The summed E-state index contributed by atoms with van der Waals surface area (Å²) in [4.78, 5) is 25.9. The third-order valence-electron chi connectivity index (χ3n) is 6.25. The third kappa shape index (κ3) is 5.97. The van der Waals surface area contributed by atoms with Crippen molar-refractivity contribution in [1.29, 1.82) is 0 Å². The van der Waals surface area contributed by atoms with E-state index in [9.17, 15) is 9.59 Å². The van der Waals surface area contributed by atoms with Crippen LogP contribution in [-0.2, 0) is 17.9 Å². The Morgan fingerprint density at radius 1 is 0.975 bits per heavy atom. The molecule has 0 aliphatic rings. The average Bonchev–Trinajstić information content (AvgIpc) is 2.96. The lowest BCUT2D eigenvalue weighted by Crippen LogP contribution is -2.25. The molecule has 0 unspecified atom stereocenters. The van der Waals surface area contributed by atoms with Crippen LogP contribution >= 0.6 is 34.2 Å². The van der Waals surface area contributed by atoms with Gasteiger partial charge in [0.2, 0.25) is 0 Å². The molecule has 0 fully saturated rings. The maximum atomic E-state index is 12.9. The lowest BCUT2D eigenvalue weighted by molar-refractivity contribution is -0.121. The number of carbonyl (C=O) groups excluding carboxylic acids is 1. The van der Waals surface area contributed by atoms with Crippen LogP contribution in [0.1, 0.15) is 18.1 Å². The summed E-state index contributed by atoms with van der Waals surface area (Å²) in [6.07, 6.45) is 1.56. The highest BCUT2D eigenvalue weighted by atomic mass is 127. The maximum absolute atomic E-state index is 12.9. The topological polar surface area (TPSA) is 81.9 Å². The molecule has 0 aliphatic heterocycles. The molecule has 0 radical (unpaired) electrons. The Hall–Kier alpha value is -3.89. The quantitative estimate of drug-likeness (QED) is 0.0840. The van der Waals surface area contributed by atoms with Gasteiger partial charge in [0.1, 0.15) is 13.2 Å². The van der Waals surface area contributed by atoms with Crippen LogP contribution in [0, 0.1) is 3.57 Å². The number of hydrogen-bond donors (Lipinski definition) is 1. The smallest absolute Gasteiger partial charge is 0.260 e. The Morgan fingerprint density at radius 2 is 1.62 bits per heavy atom. The number of nitrogens with one attached hydrogen (secondary N) is 1. The van der Waals surface area contributed by atoms with Gasteiger partial charge in [-0.25, -0.2) is 5.43 Å². The number of aromatic nitrogens is 1. The van der Waals surface area contributed by atoms with Gasteiger partial charge in [-0.2, -0.15) is 5.10 Å². The number of hydrogen-bond acceptors (Lipinski definition) is 5. The minimum atomic E-state index is -0.324. The van der Waals surface area contributed by atoms with Gasteiger partial charge in [0, 0.05) is 21.4 Å². The van der Waals surface area contributed by atoms with Crippen LogP contribution in [0.2, 0.25) is 5.02 Å². The van der Waals surface area contributed by atoms with Gasteiger partial charge >= 0.3 is 0 Å². The fourth-order valence-electron chi connectivity index (χ4n) is 4.44. The molecule has 0 atom stereocenters. The second-order valence-electron chi connectivity index (χ2n) is 8.89. The van der Waals surface area contributed by atoms with Crippen LogP contribution in [0.15, 0.2) is 94.8 Å². The predicted octanol–water partition coefficient (Wildman–Crippen LogP) is 6.54. The number of carbonyl (C=O) groups is 1. The molecule has 202 valence electrons. The summed E-state index contributed by atoms with van der Waals surface area (Å²) < 4.78 is 14.6. The lowest BCUT2D eigenvalue weighted by Gasteiger charge is -2.15. The molecule has 9 heteroatoms. The number of benzene rings is 4. The van der Waals surface area contributed by atoms with Crippen molar-refractivity contribution in [2.24, 2.45) is 5.10 Å². The maximum Gasteiger partial charge on any atom is 0.260 e. The molecule has 1 heterocycles. The molecule has 0 saturated carbocycles. The van der Waals surface area contributed by atoms with E-state index >= 15 is 0 Å². The Kier molecular flexibility index (Phi) is 8.66. The Morgan fingerprint density at radius 3 is 2.30 bits per heavy atom. The zero-order valence-electron chi connectivity index (χ0n) is 21.6. The number of fused-ring (bicyclic) bond motifs is 2. The molecule has 0 bridgehead atoms. The first kappa shape index (κ1) is 27.7. The molecule has 5 aromatic rings. The van der Waals surface area contributed by atoms with Crippen molar-refractivity contribution in [3.63, 3.8) is 0 Å². The summed E-state index contributed by atoms with van der Waals surface area (Å²) in [5, 5.41) is 5.94. The highest BCUT2D eigenvalue weighted by Crippen LogP contribution is 2.35. The van der Waals surface area contributed by atoms with E-state index in [0.29, 0.717) is 51.5 Å². The van der Waals surface area contributed by atoms with Crippen LogP contribution in [0.3, 0.4) is 0 Å². The predicted molar refractivity (Wildman–Crippen MR) is 168 cm³/mol. The number of para-hydroxylation sites is 2. The first-order valence-electron chi connectivity index (χ1n) is 12.6. The third-order valence-corrected chi connectivity index (χ3v) is 7.42. The van der Waals surface area contributed by atoms with Gasteiger partial charge in [-0.3, -0.25) is 9.59 Å². The van der Waals surface area contributed by atoms with E-state index in [-0.39, 0.29) is 17.9 Å². The number of nitrogens with zero attached hydrogens (tertiary/aromatic N) is 2. The van der Waals surface area contributed by atoms with Crippen molar-refractivity contribution in [3.8, 4) is 11.5 Å². The minimum Gasteiger partial charge on any atom is -0.490 e. The molecule has 40 heavy (non-hydrogen) atoms. The lowest BCUT2D eigenvalue weighted by atomic mass is 10.1. The van der Waals surface area contributed by atoms with Crippen molar-refractivity contribution in [2.45, 2.75) is 20.1 Å². The van der Waals surface area contributed by atoms with Gasteiger partial charge in [-0.15, -0.1) is 0 Å². The monoisotopic (exact) mass is 665 g/mol. The summed E-state index contributed by atoms with van der Waals surface area (Å²) in [6, 6.07) is 25.8. The fourth-order valence-corrected chi connectivity index (χ4v) is 5.41. The van der Waals surface area contributed by atoms with E-state index in [1.165, 1.54) is 0 Å². The number of rotatable bonds is 9. The van der Waals surface area contributed by atoms with Crippen molar-refractivity contribution >= 4 is 68.1 Å². The van der Waals surface area contributed by atoms with Crippen LogP contribution < -0.4 is 20.3 Å². The fraction of sp³-hybridized carbons (Fsp3) is 0.129. The highest BCUT2D eigenvalue weighted by Gasteiger charge is 2.14. The number of halogens is 2. The zero-order chi connectivity index (χ0) is 28.1. The SMILES string of the molecule is CCOc1cc(/C=N/NC(=O)Cn2c3ccccc3c(=O)c3ccccc32)cc(I)c1OCc1ccccc1Cl. The van der Waals surface area contributed by atoms with Crippen LogP contribution in [0.25, 0.3) is 21.8 Å². The van der Waals surface area contributed by atoms with Gasteiger partial charge in [-0.05, 0) is 77.5 Å².